The van der Waals surface area contributed by atoms with Crippen molar-refractivity contribution in [3.05, 3.63) is 10.6 Å². The second-order valence-corrected chi connectivity index (χ2v) is 5.81. The maximum atomic E-state index is 11.9. The summed E-state index contributed by atoms with van der Waals surface area (Å²) in [5, 5.41) is 16.9. The van der Waals surface area contributed by atoms with E-state index in [4.69, 9.17) is 5.11 Å². The molecule has 9 heteroatoms. The van der Waals surface area contributed by atoms with Gasteiger partial charge >= 0.3 is 5.97 Å². The fourth-order valence-corrected chi connectivity index (χ4v) is 2.10. The van der Waals surface area contributed by atoms with E-state index in [0.29, 0.717) is 10.6 Å². The summed E-state index contributed by atoms with van der Waals surface area (Å²) in [7, 11) is 0. The van der Waals surface area contributed by atoms with Crippen LogP contribution in [0.25, 0.3) is 0 Å². The Morgan fingerprint density at radius 1 is 1.20 bits per heavy atom. The summed E-state index contributed by atoms with van der Waals surface area (Å²) in [5.74, 6) is -2.17. The zero-order chi connectivity index (χ0) is 15.3. The standard InChI is InChI=1S/C11H16N4O4S/c1-11(2,3)9-8(20-15-14-9)10(19)13-4-6(16)12-5-7(17)18/h4-5H2,1-3H3,(H,12,16)(H,13,19)(H,17,18). The molecule has 0 aliphatic rings. The molecule has 0 radical (unpaired) electrons. The van der Waals surface area contributed by atoms with E-state index in [1.54, 1.807) is 0 Å². The maximum absolute atomic E-state index is 11.9. The average molecular weight is 300 g/mol. The van der Waals surface area contributed by atoms with Crippen LogP contribution < -0.4 is 10.6 Å². The first-order valence-corrected chi connectivity index (χ1v) is 6.58. The van der Waals surface area contributed by atoms with Crippen LogP contribution in [0.5, 0.6) is 0 Å². The molecule has 0 saturated heterocycles. The van der Waals surface area contributed by atoms with E-state index in [2.05, 4.69) is 20.2 Å². The fourth-order valence-electron chi connectivity index (χ4n) is 1.31. The van der Waals surface area contributed by atoms with Crippen molar-refractivity contribution in [3.8, 4) is 0 Å². The summed E-state index contributed by atoms with van der Waals surface area (Å²) in [6.07, 6.45) is 0. The number of carboxylic acid groups (broad SMARTS) is 1. The van der Waals surface area contributed by atoms with Crippen molar-refractivity contribution in [1.82, 2.24) is 20.2 Å². The third-order valence-electron chi connectivity index (χ3n) is 2.25. The van der Waals surface area contributed by atoms with E-state index in [0.717, 1.165) is 11.5 Å². The third kappa shape index (κ3) is 4.57. The van der Waals surface area contributed by atoms with Gasteiger partial charge in [0.25, 0.3) is 5.91 Å². The largest absolute Gasteiger partial charge is 0.480 e. The van der Waals surface area contributed by atoms with E-state index >= 15 is 0 Å². The fraction of sp³-hybridized carbons (Fsp3) is 0.545. The van der Waals surface area contributed by atoms with Crippen LogP contribution in [0.3, 0.4) is 0 Å². The Kier molecular flexibility index (Phi) is 5.14. The molecule has 8 nitrogen and oxygen atoms in total. The number of nitrogens with one attached hydrogen (secondary N) is 2. The van der Waals surface area contributed by atoms with Crippen LogP contribution in [-0.4, -0.2) is 45.6 Å². The molecule has 2 amide bonds. The van der Waals surface area contributed by atoms with Crippen LogP contribution in [0.1, 0.15) is 36.1 Å². The normalized spacial score (nSPS) is 10.9. The van der Waals surface area contributed by atoms with Gasteiger partial charge < -0.3 is 15.7 Å². The average Bonchev–Trinajstić information content (AvgIpc) is 2.82. The molecule has 0 aliphatic carbocycles. The molecule has 1 rings (SSSR count). The van der Waals surface area contributed by atoms with Crippen molar-refractivity contribution in [3.63, 3.8) is 0 Å². The first kappa shape index (κ1) is 16.0. The summed E-state index contributed by atoms with van der Waals surface area (Å²) in [4.78, 5) is 33.8. The lowest BCUT2D eigenvalue weighted by molar-refractivity contribution is -0.137. The van der Waals surface area contributed by atoms with Gasteiger partial charge in [-0.15, -0.1) is 5.10 Å². The molecule has 0 saturated carbocycles. The number of carboxylic acids is 1. The van der Waals surface area contributed by atoms with Crippen molar-refractivity contribution in [1.29, 1.82) is 0 Å². The van der Waals surface area contributed by atoms with Crippen LogP contribution >= 0.6 is 11.5 Å². The Morgan fingerprint density at radius 2 is 1.85 bits per heavy atom. The Labute approximate surface area is 119 Å². The molecule has 0 aromatic carbocycles. The summed E-state index contributed by atoms with van der Waals surface area (Å²) in [6, 6.07) is 0. The summed E-state index contributed by atoms with van der Waals surface area (Å²) in [5.41, 5.74) is 0.233. The van der Waals surface area contributed by atoms with E-state index in [-0.39, 0.29) is 12.0 Å². The van der Waals surface area contributed by atoms with Gasteiger partial charge in [-0.1, -0.05) is 25.3 Å². The first-order valence-electron chi connectivity index (χ1n) is 5.81. The molecule has 0 spiro atoms. The lowest BCUT2D eigenvalue weighted by Gasteiger charge is -2.16. The SMILES string of the molecule is CC(C)(C)c1nnsc1C(=O)NCC(=O)NCC(=O)O. The number of aromatic nitrogens is 2. The third-order valence-corrected chi connectivity index (χ3v) is 2.98. The highest BCUT2D eigenvalue weighted by molar-refractivity contribution is 7.08. The maximum Gasteiger partial charge on any atom is 0.322 e. The van der Waals surface area contributed by atoms with E-state index < -0.39 is 24.3 Å². The molecule has 1 heterocycles. The van der Waals surface area contributed by atoms with Gasteiger partial charge in [0.05, 0.1) is 12.2 Å². The van der Waals surface area contributed by atoms with Crippen LogP contribution in [0.2, 0.25) is 0 Å². The van der Waals surface area contributed by atoms with E-state index in [1.165, 1.54) is 0 Å². The lowest BCUT2D eigenvalue weighted by Crippen LogP contribution is -2.39. The minimum Gasteiger partial charge on any atom is -0.480 e. The molecule has 0 aliphatic heterocycles. The molecule has 20 heavy (non-hydrogen) atoms. The number of carbonyl (C=O) groups excluding carboxylic acids is 2. The number of amides is 2. The summed E-state index contributed by atoms with van der Waals surface area (Å²) >= 11 is 0.955. The van der Waals surface area contributed by atoms with Crippen molar-refractivity contribution >= 4 is 29.3 Å². The Balaban J connectivity index is 2.58. The van der Waals surface area contributed by atoms with Crippen LogP contribution in [0.4, 0.5) is 0 Å². The zero-order valence-corrected chi connectivity index (χ0v) is 12.2. The van der Waals surface area contributed by atoms with E-state index in [1.807, 2.05) is 20.8 Å². The molecule has 0 atom stereocenters. The number of aliphatic carboxylic acids is 1. The molecule has 110 valence electrons. The number of rotatable bonds is 5. The number of hydrogen-bond donors (Lipinski definition) is 3. The van der Waals surface area contributed by atoms with Gasteiger partial charge in [0.15, 0.2) is 0 Å². The first-order chi connectivity index (χ1) is 9.21. The van der Waals surface area contributed by atoms with Gasteiger partial charge in [0.1, 0.15) is 11.4 Å². The Morgan fingerprint density at radius 3 is 2.40 bits per heavy atom. The molecular formula is C11H16N4O4S. The molecule has 0 unspecified atom stereocenters. The van der Waals surface area contributed by atoms with Crippen molar-refractivity contribution in [2.24, 2.45) is 0 Å². The van der Waals surface area contributed by atoms with Gasteiger partial charge in [-0.3, -0.25) is 14.4 Å². The Hall–Kier alpha value is -2.03. The smallest absolute Gasteiger partial charge is 0.322 e. The second kappa shape index (κ2) is 6.42. The van der Waals surface area contributed by atoms with Gasteiger partial charge in [-0.2, -0.15) is 0 Å². The molecule has 1 aromatic rings. The zero-order valence-electron chi connectivity index (χ0n) is 11.4. The molecule has 0 fully saturated rings. The number of nitrogens with zero attached hydrogens (tertiary/aromatic N) is 2. The second-order valence-electron chi connectivity index (χ2n) is 5.05. The molecular weight excluding hydrogens is 284 g/mol. The summed E-state index contributed by atoms with van der Waals surface area (Å²) in [6.45, 7) is 4.93. The van der Waals surface area contributed by atoms with Crippen LogP contribution in [0.15, 0.2) is 0 Å². The van der Waals surface area contributed by atoms with Crippen molar-refractivity contribution in [2.75, 3.05) is 13.1 Å². The minimum atomic E-state index is -1.15. The quantitative estimate of drug-likeness (QED) is 0.690. The minimum absolute atomic E-state index is 0.298. The van der Waals surface area contributed by atoms with Crippen molar-refractivity contribution in [2.45, 2.75) is 26.2 Å². The highest BCUT2D eigenvalue weighted by Crippen LogP contribution is 2.25. The number of carbonyl (C=O) groups is 3. The Bertz CT molecular complexity index is 521. The van der Waals surface area contributed by atoms with Gasteiger partial charge in [0, 0.05) is 5.41 Å². The highest BCUT2D eigenvalue weighted by atomic mass is 32.1. The highest BCUT2D eigenvalue weighted by Gasteiger charge is 2.26. The van der Waals surface area contributed by atoms with Crippen molar-refractivity contribution < 1.29 is 19.5 Å². The topological polar surface area (TPSA) is 121 Å². The molecule has 3 N–H and O–H groups in total. The summed E-state index contributed by atoms with van der Waals surface area (Å²) < 4.78 is 3.75. The molecule has 1 aromatic heterocycles. The lowest BCUT2D eigenvalue weighted by atomic mass is 9.91. The van der Waals surface area contributed by atoms with E-state index in [9.17, 15) is 14.4 Å². The monoisotopic (exact) mass is 300 g/mol. The predicted molar refractivity (Wildman–Crippen MR) is 71.6 cm³/mol. The molecule has 0 bridgehead atoms. The van der Waals surface area contributed by atoms with Crippen LogP contribution in [-0.2, 0) is 15.0 Å². The van der Waals surface area contributed by atoms with Gasteiger partial charge in [0.2, 0.25) is 5.91 Å². The number of hydrogen-bond acceptors (Lipinski definition) is 6. The predicted octanol–water partition coefficient (Wildman–Crippen LogP) is -0.234. The van der Waals surface area contributed by atoms with Gasteiger partial charge in [-0.05, 0) is 11.5 Å². The van der Waals surface area contributed by atoms with Crippen LogP contribution in [0, 0.1) is 0 Å². The van der Waals surface area contributed by atoms with Gasteiger partial charge in [-0.25, -0.2) is 0 Å².